The lowest BCUT2D eigenvalue weighted by Crippen LogP contribution is -2.19. The molecule has 0 saturated heterocycles. The largest absolute Gasteiger partial charge is 0.323 e. The molecule has 2 amide bonds. The molecule has 0 aliphatic heterocycles. The second kappa shape index (κ2) is 6.29. The quantitative estimate of drug-likeness (QED) is 0.857. The molecule has 0 spiro atoms. The zero-order valence-corrected chi connectivity index (χ0v) is 11.7. The predicted molar refractivity (Wildman–Crippen MR) is 80.3 cm³/mol. The van der Waals surface area contributed by atoms with E-state index in [1.807, 2.05) is 6.07 Å². The average molecular weight is 306 g/mol. The highest BCUT2D eigenvalue weighted by Gasteiger charge is 2.09. The molecule has 6 heteroatoms. The van der Waals surface area contributed by atoms with Crippen molar-refractivity contribution in [3.63, 3.8) is 0 Å². The Labute approximate surface area is 125 Å². The third-order valence-electron chi connectivity index (χ3n) is 2.45. The lowest BCUT2D eigenvalue weighted by molar-refractivity contribution is 0.262. The first kappa shape index (κ1) is 14.2. The van der Waals surface area contributed by atoms with E-state index in [9.17, 15) is 4.79 Å². The number of urea groups is 1. The number of nitrogens with one attached hydrogen (secondary N) is 2. The standard InChI is InChI=1S/C14H9Cl2N3O/c15-11-5-2-6-12(16)13(11)19-14(20)18-10-4-1-3-9(7-10)8-17/h1-7H,(H2,18,19,20). The van der Waals surface area contributed by atoms with Crippen molar-refractivity contribution in [3.8, 4) is 6.07 Å². The van der Waals surface area contributed by atoms with Crippen LogP contribution in [0, 0.1) is 11.3 Å². The van der Waals surface area contributed by atoms with Crippen LogP contribution in [0.4, 0.5) is 16.2 Å². The van der Waals surface area contributed by atoms with Crippen LogP contribution in [0.3, 0.4) is 0 Å². The molecular formula is C14H9Cl2N3O. The van der Waals surface area contributed by atoms with Gasteiger partial charge in [-0.1, -0.05) is 35.3 Å². The van der Waals surface area contributed by atoms with Gasteiger partial charge in [0.15, 0.2) is 0 Å². The summed E-state index contributed by atoms with van der Waals surface area (Å²) >= 11 is 11.9. The monoisotopic (exact) mass is 305 g/mol. The molecule has 2 aromatic carbocycles. The minimum atomic E-state index is -0.491. The van der Waals surface area contributed by atoms with Gasteiger partial charge in [-0.2, -0.15) is 5.26 Å². The van der Waals surface area contributed by atoms with Gasteiger partial charge in [0.2, 0.25) is 0 Å². The fourth-order valence-electron chi connectivity index (χ4n) is 1.56. The summed E-state index contributed by atoms with van der Waals surface area (Å²) in [5.74, 6) is 0. The van der Waals surface area contributed by atoms with Gasteiger partial charge < -0.3 is 10.6 Å². The summed E-state index contributed by atoms with van der Waals surface area (Å²) in [5, 5.41) is 14.7. The highest BCUT2D eigenvalue weighted by Crippen LogP contribution is 2.29. The molecule has 4 nitrogen and oxygen atoms in total. The minimum absolute atomic E-state index is 0.338. The molecule has 0 radical (unpaired) electrons. The topological polar surface area (TPSA) is 64.9 Å². The first-order chi connectivity index (χ1) is 9.60. The highest BCUT2D eigenvalue weighted by molar-refractivity contribution is 6.39. The van der Waals surface area contributed by atoms with Crippen molar-refractivity contribution in [2.75, 3.05) is 10.6 Å². The predicted octanol–water partition coefficient (Wildman–Crippen LogP) is 4.51. The van der Waals surface area contributed by atoms with Gasteiger partial charge in [0.05, 0.1) is 27.4 Å². The Morgan fingerprint density at radius 1 is 1.05 bits per heavy atom. The van der Waals surface area contributed by atoms with Crippen molar-refractivity contribution in [2.24, 2.45) is 0 Å². The summed E-state index contributed by atoms with van der Waals surface area (Å²) in [6.07, 6.45) is 0. The first-order valence-corrected chi connectivity index (χ1v) is 6.38. The molecule has 0 atom stereocenters. The molecular weight excluding hydrogens is 297 g/mol. The summed E-state index contributed by atoms with van der Waals surface area (Å²) < 4.78 is 0. The molecule has 0 unspecified atom stereocenters. The molecule has 0 saturated carbocycles. The summed E-state index contributed by atoms with van der Waals surface area (Å²) in [6, 6.07) is 13.0. The van der Waals surface area contributed by atoms with Crippen LogP contribution < -0.4 is 10.6 Å². The third-order valence-corrected chi connectivity index (χ3v) is 3.08. The number of amides is 2. The van der Waals surface area contributed by atoms with E-state index in [0.29, 0.717) is 27.0 Å². The maximum Gasteiger partial charge on any atom is 0.323 e. The van der Waals surface area contributed by atoms with Gasteiger partial charge in [-0.25, -0.2) is 4.79 Å². The third kappa shape index (κ3) is 3.41. The number of anilines is 2. The van der Waals surface area contributed by atoms with Gasteiger partial charge in [0, 0.05) is 5.69 Å². The van der Waals surface area contributed by atoms with Crippen LogP contribution in [0.1, 0.15) is 5.56 Å². The van der Waals surface area contributed by atoms with Crippen molar-refractivity contribution in [3.05, 3.63) is 58.1 Å². The number of hydrogen-bond acceptors (Lipinski definition) is 2. The smallest absolute Gasteiger partial charge is 0.308 e. The number of hydrogen-bond donors (Lipinski definition) is 2. The normalized spacial score (nSPS) is 9.65. The van der Waals surface area contributed by atoms with Crippen molar-refractivity contribution in [1.29, 1.82) is 5.26 Å². The van der Waals surface area contributed by atoms with Crippen molar-refractivity contribution < 1.29 is 4.79 Å². The Kier molecular flexibility index (Phi) is 4.46. The molecule has 0 bridgehead atoms. The molecule has 0 aliphatic carbocycles. The SMILES string of the molecule is N#Cc1cccc(NC(=O)Nc2c(Cl)cccc2Cl)c1. The van der Waals surface area contributed by atoms with Crippen molar-refractivity contribution in [1.82, 2.24) is 0 Å². The fourth-order valence-corrected chi connectivity index (χ4v) is 2.05. The molecule has 0 aliphatic rings. The molecule has 0 fully saturated rings. The average Bonchev–Trinajstić information content (AvgIpc) is 2.43. The summed E-state index contributed by atoms with van der Waals surface area (Å²) in [7, 11) is 0. The molecule has 2 rings (SSSR count). The molecule has 0 heterocycles. The Hall–Kier alpha value is -2.22. The van der Waals surface area contributed by atoms with Crippen molar-refractivity contribution in [2.45, 2.75) is 0 Å². The molecule has 0 aromatic heterocycles. The molecule has 20 heavy (non-hydrogen) atoms. The fraction of sp³-hybridized carbons (Fsp3) is 0. The van der Waals surface area contributed by atoms with Crippen LogP contribution in [0.25, 0.3) is 0 Å². The Bertz CT molecular complexity index is 675. The number of carbonyl (C=O) groups excluding carboxylic acids is 1. The summed E-state index contributed by atoms with van der Waals surface area (Å²) in [5.41, 5.74) is 1.30. The van der Waals surface area contributed by atoms with E-state index in [4.69, 9.17) is 28.5 Å². The van der Waals surface area contributed by atoms with E-state index in [1.54, 1.807) is 42.5 Å². The zero-order valence-electron chi connectivity index (χ0n) is 10.2. The van der Waals surface area contributed by atoms with Gasteiger partial charge in [0.25, 0.3) is 0 Å². The summed E-state index contributed by atoms with van der Waals surface area (Å²) in [6.45, 7) is 0. The van der Waals surface area contributed by atoms with Gasteiger partial charge in [-0.3, -0.25) is 0 Å². The first-order valence-electron chi connectivity index (χ1n) is 5.62. The Balaban J connectivity index is 2.11. The van der Waals surface area contributed by atoms with Gasteiger partial charge >= 0.3 is 6.03 Å². The van der Waals surface area contributed by atoms with Gasteiger partial charge in [0.1, 0.15) is 0 Å². The number of halogens is 2. The maximum absolute atomic E-state index is 11.9. The second-order valence-electron chi connectivity index (χ2n) is 3.87. The van der Waals surface area contributed by atoms with Crippen molar-refractivity contribution >= 4 is 40.6 Å². The van der Waals surface area contributed by atoms with Crippen LogP contribution in [0.15, 0.2) is 42.5 Å². The second-order valence-corrected chi connectivity index (χ2v) is 4.68. The van der Waals surface area contributed by atoms with Crippen LogP contribution >= 0.6 is 23.2 Å². The van der Waals surface area contributed by atoms with Crippen LogP contribution in [-0.2, 0) is 0 Å². The van der Waals surface area contributed by atoms with Crippen LogP contribution in [0.2, 0.25) is 10.0 Å². The lowest BCUT2D eigenvalue weighted by Gasteiger charge is -2.10. The van der Waals surface area contributed by atoms with E-state index in [0.717, 1.165) is 0 Å². The zero-order chi connectivity index (χ0) is 14.5. The molecule has 2 aromatic rings. The lowest BCUT2D eigenvalue weighted by atomic mass is 10.2. The molecule has 100 valence electrons. The van der Waals surface area contributed by atoms with Gasteiger partial charge in [-0.05, 0) is 30.3 Å². The number of nitrogens with zero attached hydrogens (tertiary/aromatic N) is 1. The van der Waals surface area contributed by atoms with E-state index < -0.39 is 6.03 Å². The van der Waals surface area contributed by atoms with Crippen LogP contribution in [0.5, 0.6) is 0 Å². The van der Waals surface area contributed by atoms with E-state index in [2.05, 4.69) is 10.6 Å². The Morgan fingerprint density at radius 3 is 2.35 bits per heavy atom. The Morgan fingerprint density at radius 2 is 1.70 bits per heavy atom. The maximum atomic E-state index is 11.9. The number of rotatable bonds is 2. The van der Waals surface area contributed by atoms with E-state index in [-0.39, 0.29) is 0 Å². The number of benzene rings is 2. The molecule has 2 N–H and O–H groups in total. The number of nitriles is 1. The minimum Gasteiger partial charge on any atom is -0.308 e. The number of carbonyl (C=O) groups is 1. The number of para-hydroxylation sites is 1. The van der Waals surface area contributed by atoms with Crippen LogP contribution in [-0.4, -0.2) is 6.03 Å². The van der Waals surface area contributed by atoms with E-state index in [1.165, 1.54) is 0 Å². The highest BCUT2D eigenvalue weighted by atomic mass is 35.5. The van der Waals surface area contributed by atoms with Gasteiger partial charge in [-0.15, -0.1) is 0 Å². The summed E-state index contributed by atoms with van der Waals surface area (Å²) in [4.78, 5) is 11.9. The van der Waals surface area contributed by atoms with E-state index >= 15 is 0 Å².